The maximum Gasteiger partial charge on any atom is 0.252 e. The fourth-order valence-corrected chi connectivity index (χ4v) is 2.53. The fraction of sp³-hybridized carbons (Fsp3) is 0.500. The highest BCUT2D eigenvalue weighted by molar-refractivity contribution is 5.96. The molecular formula is C16H21N3O. The second-order valence-electron chi connectivity index (χ2n) is 5.32. The summed E-state index contributed by atoms with van der Waals surface area (Å²) in [6.45, 7) is 3.21. The van der Waals surface area contributed by atoms with Crippen molar-refractivity contribution < 1.29 is 4.79 Å². The zero-order valence-electron chi connectivity index (χ0n) is 11.9. The van der Waals surface area contributed by atoms with Crippen LogP contribution in [0.1, 0.15) is 48.5 Å². The van der Waals surface area contributed by atoms with Gasteiger partial charge >= 0.3 is 0 Å². The number of nitrogens with one attached hydrogen (secondary N) is 1. The molecule has 1 aromatic rings. The van der Waals surface area contributed by atoms with E-state index in [2.05, 4.69) is 29.1 Å². The Hall–Kier alpha value is -1.86. The molecule has 4 heteroatoms. The van der Waals surface area contributed by atoms with Crippen LogP contribution in [-0.4, -0.2) is 24.0 Å². The van der Waals surface area contributed by atoms with Gasteiger partial charge in [-0.05, 0) is 30.7 Å². The van der Waals surface area contributed by atoms with Gasteiger partial charge in [0.1, 0.15) is 0 Å². The number of carbonyl (C=O) groups excluding carboxylic acids is 1. The summed E-state index contributed by atoms with van der Waals surface area (Å²) in [4.78, 5) is 16.3. The first-order chi connectivity index (χ1) is 9.71. The number of nitrogens with zero attached hydrogens (tertiary/aromatic N) is 1. The van der Waals surface area contributed by atoms with Crippen LogP contribution in [0.15, 0.2) is 18.5 Å². The Kier molecular flexibility index (Phi) is 4.75. The zero-order chi connectivity index (χ0) is 14.4. The van der Waals surface area contributed by atoms with E-state index in [1.165, 1.54) is 19.3 Å². The largest absolute Gasteiger partial charge is 0.351 e. The van der Waals surface area contributed by atoms with Crippen molar-refractivity contribution in [2.24, 2.45) is 11.1 Å². The number of hydrogen-bond acceptors (Lipinski definition) is 3. The summed E-state index contributed by atoms with van der Waals surface area (Å²) in [5.41, 5.74) is 6.89. The molecule has 1 aliphatic rings. The molecule has 2 rings (SSSR count). The molecule has 1 amide bonds. The fourth-order valence-electron chi connectivity index (χ4n) is 2.53. The standard InChI is InChI=1S/C16H21N3O/c1-2-16(7-4-8-16)12-19-15(20)14-6-10-18-11-13(14)5-3-9-17/h6,10-11H,2,4,7-9,12,17H2,1H3,(H,19,20). The zero-order valence-corrected chi connectivity index (χ0v) is 11.9. The van der Waals surface area contributed by atoms with Crippen molar-refractivity contribution >= 4 is 5.91 Å². The van der Waals surface area contributed by atoms with Gasteiger partial charge in [0, 0.05) is 18.9 Å². The normalized spacial score (nSPS) is 15.7. The van der Waals surface area contributed by atoms with E-state index in [1.807, 2.05) is 0 Å². The molecule has 1 heterocycles. The van der Waals surface area contributed by atoms with Crippen molar-refractivity contribution in [1.29, 1.82) is 0 Å². The van der Waals surface area contributed by atoms with Gasteiger partial charge < -0.3 is 11.1 Å². The Morgan fingerprint density at radius 3 is 2.95 bits per heavy atom. The van der Waals surface area contributed by atoms with E-state index >= 15 is 0 Å². The molecule has 0 bridgehead atoms. The van der Waals surface area contributed by atoms with Gasteiger partial charge in [0.05, 0.1) is 17.7 Å². The molecule has 0 aliphatic heterocycles. The maximum atomic E-state index is 12.3. The van der Waals surface area contributed by atoms with Crippen LogP contribution in [0.3, 0.4) is 0 Å². The van der Waals surface area contributed by atoms with Crippen LogP contribution in [-0.2, 0) is 0 Å². The minimum absolute atomic E-state index is 0.0755. The first-order valence-corrected chi connectivity index (χ1v) is 7.12. The Labute approximate surface area is 120 Å². The average molecular weight is 271 g/mol. The molecule has 1 aliphatic carbocycles. The van der Waals surface area contributed by atoms with E-state index in [9.17, 15) is 4.79 Å². The van der Waals surface area contributed by atoms with Crippen molar-refractivity contribution in [3.63, 3.8) is 0 Å². The second-order valence-corrected chi connectivity index (χ2v) is 5.32. The molecule has 0 spiro atoms. The summed E-state index contributed by atoms with van der Waals surface area (Å²) in [6.07, 6.45) is 8.02. The summed E-state index contributed by atoms with van der Waals surface area (Å²) in [6, 6.07) is 1.70. The molecule has 0 atom stereocenters. The Balaban J connectivity index is 2.05. The quantitative estimate of drug-likeness (QED) is 0.819. The van der Waals surface area contributed by atoms with Gasteiger partial charge in [-0.15, -0.1) is 0 Å². The molecule has 0 saturated heterocycles. The first kappa shape index (κ1) is 14.5. The average Bonchev–Trinajstić information content (AvgIpc) is 2.44. The van der Waals surface area contributed by atoms with Gasteiger partial charge in [-0.2, -0.15) is 0 Å². The molecule has 0 aromatic carbocycles. The number of rotatable bonds is 4. The summed E-state index contributed by atoms with van der Waals surface area (Å²) in [5.74, 6) is 5.58. The Bertz CT molecular complexity index is 533. The molecule has 20 heavy (non-hydrogen) atoms. The maximum absolute atomic E-state index is 12.3. The molecule has 1 fully saturated rings. The summed E-state index contributed by atoms with van der Waals surface area (Å²) < 4.78 is 0. The van der Waals surface area contributed by atoms with Gasteiger partial charge in [-0.1, -0.05) is 25.2 Å². The number of pyridine rings is 1. The number of hydrogen-bond donors (Lipinski definition) is 2. The van der Waals surface area contributed by atoms with Gasteiger partial charge in [-0.3, -0.25) is 9.78 Å². The SMILES string of the molecule is CCC1(CNC(=O)c2ccncc2C#CCN)CCC1. The van der Waals surface area contributed by atoms with Crippen LogP contribution in [0.5, 0.6) is 0 Å². The van der Waals surface area contributed by atoms with Crippen LogP contribution in [0.4, 0.5) is 0 Å². The summed E-state index contributed by atoms with van der Waals surface area (Å²) in [7, 11) is 0. The highest BCUT2D eigenvalue weighted by atomic mass is 16.1. The third-order valence-electron chi connectivity index (χ3n) is 4.18. The van der Waals surface area contributed by atoms with Crippen LogP contribution < -0.4 is 11.1 Å². The molecule has 0 radical (unpaired) electrons. The van der Waals surface area contributed by atoms with Crippen LogP contribution >= 0.6 is 0 Å². The lowest BCUT2D eigenvalue weighted by Gasteiger charge is -2.41. The van der Waals surface area contributed by atoms with E-state index in [0.29, 0.717) is 16.5 Å². The number of carbonyl (C=O) groups is 1. The lowest BCUT2D eigenvalue weighted by molar-refractivity contribution is 0.0850. The van der Waals surface area contributed by atoms with Crippen molar-refractivity contribution in [2.45, 2.75) is 32.6 Å². The highest BCUT2D eigenvalue weighted by Crippen LogP contribution is 2.43. The smallest absolute Gasteiger partial charge is 0.252 e. The third-order valence-corrected chi connectivity index (χ3v) is 4.18. The Morgan fingerprint density at radius 1 is 1.55 bits per heavy atom. The van der Waals surface area contributed by atoms with Crippen molar-refractivity contribution in [1.82, 2.24) is 10.3 Å². The topological polar surface area (TPSA) is 68.0 Å². The summed E-state index contributed by atoms with van der Waals surface area (Å²) >= 11 is 0. The lowest BCUT2D eigenvalue weighted by Crippen LogP contribution is -2.41. The van der Waals surface area contributed by atoms with Gasteiger partial charge in [0.15, 0.2) is 0 Å². The van der Waals surface area contributed by atoms with Gasteiger partial charge in [0.25, 0.3) is 5.91 Å². The van der Waals surface area contributed by atoms with E-state index < -0.39 is 0 Å². The second kappa shape index (κ2) is 6.53. The van der Waals surface area contributed by atoms with E-state index in [1.54, 1.807) is 18.5 Å². The molecule has 1 aromatic heterocycles. The number of nitrogens with two attached hydrogens (primary N) is 1. The molecule has 106 valence electrons. The predicted octanol–water partition coefficient (Wildman–Crippen LogP) is 1.70. The first-order valence-electron chi connectivity index (χ1n) is 7.12. The van der Waals surface area contributed by atoms with E-state index in [-0.39, 0.29) is 12.5 Å². The van der Waals surface area contributed by atoms with Crippen molar-refractivity contribution in [3.05, 3.63) is 29.6 Å². The molecule has 4 nitrogen and oxygen atoms in total. The minimum atomic E-state index is -0.0755. The summed E-state index contributed by atoms with van der Waals surface area (Å²) in [5, 5.41) is 3.04. The molecule has 0 unspecified atom stereocenters. The van der Waals surface area contributed by atoms with Gasteiger partial charge in [-0.25, -0.2) is 0 Å². The van der Waals surface area contributed by atoms with Gasteiger partial charge in [0.2, 0.25) is 0 Å². The predicted molar refractivity (Wildman–Crippen MR) is 79.1 cm³/mol. The minimum Gasteiger partial charge on any atom is -0.351 e. The molecule has 3 N–H and O–H groups in total. The van der Waals surface area contributed by atoms with Crippen LogP contribution in [0.2, 0.25) is 0 Å². The van der Waals surface area contributed by atoms with E-state index in [0.717, 1.165) is 13.0 Å². The van der Waals surface area contributed by atoms with Crippen LogP contribution in [0, 0.1) is 17.3 Å². The van der Waals surface area contributed by atoms with Crippen molar-refractivity contribution in [2.75, 3.05) is 13.1 Å². The number of amides is 1. The lowest BCUT2D eigenvalue weighted by atomic mass is 9.67. The third kappa shape index (κ3) is 3.17. The van der Waals surface area contributed by atoms with Crippen molar-refractivity contribution in [3.8, 4) is 11.8 Å². The molecule has 1 saturated carbocycles. The van der Waals surface area contributed by atoms with E-state index in [4.69, 9.17) is 5.73 Å². The Morgan fingerprint density at radius 2 is 2.35 bits per heavy atom. The van der Waals surface area contributed by atoms with Crippen LogP contribution in [0.25, 0.3) is 0 Å². The molecular weight excluding hydrogens is 250 g/mol. The monoisotopic (exact) mass is 271 g/mol. The number of aromatic nitrogens is 1. The highest BCUT2D eigenvalue weighted by Gasteiger charge is 2.35.